The number of aliphatic hydroxyl groups excluding tert-OH is 1. The maximum absolute atomic E-state index is 13.3. The minimum atomic E-state index is -1.25. The van der Waals surface area contributed by atoms with E-state index < -0.39 is 60.1 Å². The fraction of sp³-hybridized carbons (Fsp3) is 0.783. The molecule has 3 saturated heterocycles. The number of hydrogen-bond acceptors (Lipinski definition) is 7. The number of amides is 4. The second kappa shape index (κ2) is 10.3. The molecule has 11 nitrogen and oxygen atoms in total. The average molecular weight is 481 g/mol. The summed E-state index contributed by atoms with van der Waals surface area (Å²) in [5.74, 6) is -2.44. The van der Waals surface area contributed by atoms with Gasteiger partial charge in [0, 0.05) is 20.1 Å². The van der Waals surface area contributed by atoms with E-state index >= 15 is 0 Å². The zero-order valence-electron chi connectivity index (χ0n) is 20.5. The molecule has 0 saturated carbocycles. The van der Waals surface area contributed by atoms with E-state index in [1.807, 2.05) is 6.92 Å². The van der Waals surface area contributed by atoms with Crippen LogP contribution in [0.4, 0.5) is 0 Å². The van der Waals surface area contributed by atoms with E-state index in [1.54, 1.807) is 6.92 Å². The average Bonchev–Trinajstić information content (AvgIpc) is 3.38. The van der Waals surface area contributed by atoms with Crippen molar-refractivity contribution in [2.75, 3.05) is 20.1 Å². The normalized spacial score (nSPS) is 35.1. The Kier molecular flexibility index (Phi) is 7.84. The molecule has 3 heterocycles. The molecule has 3 fully saturated rings. The van der Waals surface area contributed by atoms with Crippen LogP contribution in [0.2, 0.25) is 0 Å². The monoisotopic (exact) mass is 480 g/mol. The third-order valence-electron chi connectivity index (χ3n) is 6.92. The molecule has 0 aromatic heterocycles. The number of hydrogen-bond donors (Lipinski definition) is 2. The van der Waals surface area contributed by atoms with Gasteiger partial charge in [0.15, 0.2) is 0 Å². The highest BCUT2D eigenvalue weighted by Gasteiger charge is 2.44. The van der Waals surface area contributed by atoms with E-state index in [-0.39, 0.29) is 18.2 Å². The Bertz CT molecular complexity index is 847. The Morgan fingerprint density at radius 3 is 2.35 bits per heavy atom. The first-order chi connectivity index (χ1) is 15.9. The van der Waals surface area contributed by atoms with E-state index in [2.05, 4.69) is 5.32 Å². The number of likely N-dealkylation sites (N-methyl/N-ethyl adjacent to an activating group) is 1. The maximum Gasteiger partial charge on any atom is 0.329 e. The van der Waals surface area contributed by atoms with Gasteiger partial charge >= 0.3 is 5.97 Å². The fourth-order valence-electron chi connectivity index (χ4n) is 5.22. The molecule has 3 aliphatic heterocycles. The molecule has 7 atom stereocenters. The lowest BCUT2D eigenvalue weighted by Gasteiger charge is -2.35. The Morgan fingerprint density at radius 1 is 1.03 bits per heavy atom. The van der Waals surface area contributed by atoms with E-state index in [9.17, 15) is 29.1 Å². The van der Waals surface area contributed by atoms with Crippen molar-refractivity contribution in [3.8, 4) is 0 Å². The topological polar surface area (TPSA) is 137 Å². The molecule has 0 radical (unpaired) electrons. The number of carbonyl (C=O) groups excluding carboxylic acids is 5. The van der Waals surface area contributed by atoms with Crippen LogP contribution < -0.4 is 5.32 Å². The van der Waals surface area contributed by atoms with Crippen molar-refractivity contribution < 1.29 is 33.8 Å². The molecule has 4 amide bonds. The first-order valence-electron chi connectivity index (χ1n) is 12.0. The standard InChI is InChI=1S/C23H36N4O7/c1-12-9-17-23(33)34-13(2)10-18(29)26-8-6-7-16(26)22(32)25(5)19(15(4)28)20(30)24-14(3)21(31)27(17)11-12/h12-17,19,28H,6-11H2,1-5H3,(H,24,30)/t12-,13-,14-,15+,16-,17-,19-/m0/s1. The summed E-state index contributed by atoms with van der Waals surface area (Å²) in [6, 6.07) is -3.80. The third-order valence-corrected chi connectivity index (χ3v) is 6.92. The van der Waals surface area contributed by atoms with Crippen molar-refractivity contribution in [2.24, 2.45) is 5.92 Å². The van der Waals surface area contributed by atoms with Crippen molar-refractivity contribution >= 4 is 29.6 Å². The first-order valence-corrected chi connectivity index (χ1v) is 12.0. The smallest absolute Gasteiger partial charge is 0.329 e. The molecule has 3 aliphatic rings. The lowest BCUT2D eigenvalue weighted by atomic mass is 10.1. The fourth-order valence-corrected chi connectivity index (χ4v) is 5.22. The van der Waals surface area contributed by atoms with Crippen LogP contribution in [0.25, 0.3) is 0 Å². The van der Waals surface area contributed by atoms with Crippen molar-refractivity contribution in [3.05, 3.63) is 0 Å². The number of ether oxygens (including phenoxy) is 1. The van der Waals surface area contributed by atoms with Crippen molar-refractivity contribution in [1.29, 1.82) is 0 Å². The van der Waals surface area contributed by atoms with Gasteiger partial charge in [0.25, 0.3) is 0 Å². The van der Waals surface area contributed by atoms with Crippen LogP contribution in [0.5, 0.6) is 0 Å². The van der Waals surface area contributed by atoms with E-state index in [1.165, 1.54) is 30.7 Å². The van der Waals surface area contributed by atoms with Gasteiger partial charge in [-0.1, -0.05) is 6.92 Å². The first kappa shape index (κ1) is 25.9. The predicted molar refractivity (Wildman–Crippen MR) is 120 cm³/mol. The molecule has 0 unspecified atom stereocenters. The molecule has 0 bridgehead atoms. The van der Waals surface area contributed by atoms with Crippen LogP contribution in [0, 0.1) is 5.92 Å². The van der Waals surface area contributed by atoms with Gasteiger partial charge in [-0.05, 0) is 46.0 Å². The molecule has 0 aliphatic carbocycles. The van der Waals surface area contributed by atoms with E-state index in [0.717, 1.165) is 4.90 Å². The van der Waals surface area contributed by atoms with Crippen molar-refractivity contribution in [3.63, 3.8) is 0 Å². The number of esters is 1. The molecule has 3 rings (SSSR count). The molecule has 34 heavy (non-hydrogen) atoms. The lowest BCUT2D eigenvalue weighted by Crippen LogP contribution is -2.60. The SMILES string of the molecule is C[C@H]1C[C@H]2C(=O)O[C@@H](C)CC(=O)N3CCC[C@H]3C(=O)N(C)[C@@H]([C@@H](C)O)C(=O)N[C@@H](C)C(=O)N2C1. The number of carbonyl (C=O) groups is 5. The zero-order valence-corrected chi connectivity index (χ0v) is 20.5. The van der Waals surface area contributed by atoms with Crippen LogP contribution in [0.3, 0.4) is 0 Å². The van der Waals surface area contributed by atoms with Gasteiger partial charge in [-0.25, -0.2) is 4.79 Å². The molecular weight excluding hydrogens is 444 g/mol. The third kappa shape index (κ3) is 5.18. The van der Waals surface area contributed by atoms with Gasteiger partial charge in [0.2, 0.25) is 23.6 Å². The quantitative estimate of drug-likeness (QED) is 0.472. The molecule has 2 N–H and O–H groups in total. The Morgan fingerprint density at radius 2 is 1.71 bits per heavy atom. The molecule has 190 valence electrons. The Labute approximate surface area is 199 Å². The summed E-state index contributed by atoms with van der Waals surface area (Å²) in [5, 5.41) is 12.9. The van der Waals surface area contributed by atoms with Gasteiger partial charge in [-0.3, -0.25) is 19.2 Å². The van der Waals surface area contributed by atoms with E-state index in [4.69, 9.17) is 4.74 Å². The highest BCUT2D eigenvalue weighted by molar-refractivity contribution is 5.95. The number of aliphatic hydroxyl groups is 1. The van der Waals surface area contributed by atoms with Crippen molar-refractivity contribution in [2.45, 2.75) is 89.8 Å². The number of nitrogens with zero attached hydrogens (tertiary/aromatic N) is 3. The second-order valence-electron chi connectivity index (χ2n) is 9.91. The molecule has 0 aromatic rings. The summed E-state index contributed by atoms with van der Waals surface area (Å²) in [6.07, 6.45) is -0.552. The maximum atomic E-state index is 13.3. The van der Waals surface area contributed by atoms with Gasteiger partial charge in [-0.2, -0.15) is 0 Å². The summed E-state index contributed by atoms with van der Waals surface area (Å²) in [5.41, 5.74) is 0. The summed E-state index contributed by atoms with van der Waals surface area (Å²) in [6.45, 7) is 7.16. The summed E-state index contributed by atoms with van der Waals surface area (Å²) in [7, 11) is 1.42. The van der Waals surface area contributed by atoms with Crippen LogP contribution in [0.15, 0.2) is 0 Å². The number of rotatable bonds is 1. The minimum Gasteiger partial charge on any atom is -0.461 e. The predicted octanol–water partition coefficient (Wildman–Crippen LogP) is -0.738. The van der Waals surface area contributed by atoms with Gasteiger partial charge in [-0.15, -0.1) is 0 Å². The van der Waals surface area contributed by atoms with Crippen LogP contribution in [-0.2, 0) is 28.7 Å². The van der Waals surface area contributed by atoms with Crippen LogP contribution in [0.1, 0.15) is 53.4 Å². The van der Waals surface area contributed by atoms with Gasteiger partial charge < -0.3 is 29.9 Å². The molecule has 11 heteroatoms. The Hall–Kier alpha value is -2.69. The van der Waals surface area contributed by atoms with Gasteiger partial charge in [0.1, 0.15) is 30.3 Å². The molecular formula is C23H36N4O7. The van der Waals surface area contributed by atoms with Gasteiger partial charge in [0.05, 0.1) is 12.5 Å². The van der Waals surface area contributed by atoms with Crippen LogP contribution >= 0.6 is 0 Å². The lowest BCUT2D eigenvalue weighted by molar-refractivity contribution is -0.160. The highest BCUT2D eigenvalue weighted by atomic mass is 16.5. The number of cyclic esters (lactones) is 1. The summed E-state index contributed by atoms with van der Waals surface area (Å²) < 4.78 is 5.54. The van der Waals surface area contributed by atoms with Crippen molar-refractivity contribution in [1.82, 2.24) is 20.0 Å². The zero-order chi connectivity index (χ0) is 25.3. The summed E-state index contributed by atoms with van der Waals surface area (Å²) >= 11 is 0. The van der Waals surface area contributed by atoms with Crippen LogP contribution in [-0.4, -0.2) is 106 Å². The Balaban J connectivity index is 1.95. The molecule has 0 aromatic carbocycles. The molecule has 0 spiro atoms. The second-order valence-corrected chi connectivity index (χ2v) is 9.91. The largest absolute Gasteiger partial charge is 0.461 e. The number of nitrogens with one attached hydrogen (secondary N) is 1. The van der Waals surface area contributed by atoms with E-state index in [0.29, 0.717) is 32.4 Å². The number of fused-ring (bicyclic) bond motifs is 2. The highest BCUT2D eigenvalue weighted by Crippen LogP contribution is 2.27. The summed E-state index contributed by atoms with van der Waals surface area (Å²) in [4.78, 5) is 69.4. The minimum absolute atomic E-state index is 0.0581.